The van der Waals surface area contributed by atoms with Gasteiger partial charge in [-0.25, -0.2) is 0 Å². The van der Waals surface area contributed by atoms with Crippen LogP contribution in [0.2, 0.25) is 0 Å². The topological polar surface area (TPSA) is 34.2 Å². The molecule has 1 aliphatic heterocycles. The van der Waals surface area contributed by atoms with Crippen LogP contribution in [0.25, 0.3) is 10.9 Å². The number of nitrogen functional groups attached to an aromatic ring is 1. The lowest BCUT2D eigenvalue weighted by Gasteiger charge is -2.13. The van der Waals surface area contributed by atoms with Crippen molar-refractivity contribution in [3.63, 3.8) is 0 Å². The predicted octanol–water partition coefficient (Wildman–Crippen LogP) is 3.40. The van der Waals surface area contributed by atoms with Gasteiger partial charge in [0.05, 0.1) is 11.2 Å². The maximum atomic E-state index is 6.18. The number of hydrogen-bond donors (Lipinski definition) is 1. The Kier molecular flexibility index (Phi) is 3.23. The summed E-state index contributed by atoms with van der Waals surface area (Å²) >= 11 is 0. The third kappa shape index (κ3) is 2.23. The van der Waals surface area contributed by atoms with E-state index < -0.39 is 0 Å². The van der Waals surface area contributed by atoms with Crippen molar-refractivity contribution in [2.24, 2.45) is 0 Å². The Hall–Kier alpha value is -1.48. The van der Waals surface area contributed by atoms with Gasteiger partial charge in [-0.1, -0.05) is 12.1 Å². The van der Waals surface area contributed by atoms with Crippen molar-refractivity contribution in [3.8, 4) is 0 Å². The van der Waals surface area contributed by atoms with Gasteiger partial charge in [-0.15, -0.1) is 0 Å². The molecule has 1 aromatic heterocycles. The lowest BCUT2D eigenvalue weighted by molar-refractivity contribution is 0.332. The van der Waals surface area contributed by atoms with Gasteiger partial charge in [-0.05, 0) is 51.4 Å². The molecule has 0 amide bonds. The zero-order valence-electron chi connectivity index (χ0n) is 11.9. The van der Waals surface area contributed by atoms with E-state index >= 15 is 0 Å². The summed E-state index contributed by atoms with van der Waals surface area (Å²) in [4.78, 5) is 2.54. The van der Waals surface area contributed by atoms with Gasteiger partial charge < -0.3 is 10.3 Å². The van der Waals surface area contributed by atoms with Gasteiger partial charge in [0.25, 0.3) is 0 Å². The summed E-state index contributed by atoms with van der Waals surface area (Å²) in [6, 6.07) is 6.71. The molecule has 2 heterocycles. The van der Waals surface area contributed by atoms with Crippen molar-refractivity contribution in [2.45, 2.75) is 39.3 Å². The number of nitrogens with zero attached hydrogens (tertiary/aromatic N) is 2. The molecule has 2 aromatic rings. The first-order chi connectivity index (χ1) is 9.16. The van der Waals surface area contributed by atoms with E-state index in [9.17, 15) is 0 Å². The number of nitrogens with two attached hydrogens (primary N) is 1. The second-order valence-corrected chi connectivity index (χ2v) is 5.88. The van der Waals surface area contributed by atoms with Crippen LogP contribution in [-0.2, 0) is 6.54 Å². The highest BCUT2D eigenvalue weighted by Crippen LogP contribution is 2.30. The zero-order valence-corrected chi connectivity index (χ0v) is 11.9. The van der Waals surface area contributed by atoms with E-state index in [-0.39, 0.29) is 0 Å². The lowest BCUT2D eigenvalue weighted by Crippen LogP contribution is -2.18. The van der Waals surface area contributed by atoms with Crippen LogP contribution in [0.4, 0.5) is 5.69 Å². The van der Waals surface area contributed by atoms with Crippen LogP contribution in [0.15, 0.2) is 24.4 Å². The molecule has 2 N–H and O–H groups in total. The van der Waals surface area contributed by atoms with E-state index in [4.69, 9.17) is 5.73 Å². The Balaban J connectivity index is 2.06. The molecule has 0 aliphatic carbocycles. The number of rotatable bonds is 3. The SMILES string of the molecule is CC(C)n1cc(CN2CCCC2)c2cccc(N)c21. The van der Waals surface area contributed by atoms with Gasteiger partial charge in [0.1, 0.15) is 0 Å². The fourth-order valence-electron chi connectivity index (χ4n) is 3.13. The first-order valence-electron chi connectivity index (χ1n) is 7.27. The van der Waals surface area contributed by atoms with Gasteiger partial charge in [-0.3, -0.25) is 4.90 Å². The number of fused-ring (bicyclic) bond motifs is 1. The van der Waals surface area contributed by atoms with Gasteiger partial charge in [0.2, 0.25) is 0 Å². The Bertz CT molecular complexity index is 577. The molecule has 0 unspecified atom stereocenters. The highest BCUT2D eigenvalue weighted by atomic mass is 15.1. The molecule has 3 heteroatoms. The van der Waals surface area contributed by atoms with Gasteiger partial charge in [-0.2, -0.15) is 0 Å². The molecule has 0 spiro atoms. The first-order valence-corrected chi connectivity index (χ1v) is 7.27. The third-order valence-corrected chi connectivity index (χ3v) is 4.12. The lowest BCUT2D eigenvalue weighted by atomic mass is 10.1. The second kappa shape index (κ2) is 4.89. The second-order valence-electron chi connectivity index (χ2n) is 5.88. The number of likely N-dealkylation sites (tertiary alicyclic amines) is 1. The van der Waals surface area contributed by atoms with Crippen molar-refractivity contribution in [3.05, 3.63) is 30.0 Å². The Morgan fingerprint density at radius 2 is 1.95 bits per heavy atom. The molecule has 0 radical (unpaired) electrons. The number of hydrogen-bond acceptors (Lipinski definition) is 2. The maximum absolute atomic E-state index is 6.18. The molecular formula is C16H23N3. The molecule has 1 aliphatic rings. The molecule has 3 nitrogen and oxygen atoms in total. The Labute approximate surface area is 115 Å². The van der Waals surface area contributed by atoms with Crippen molar-refractivity contribution in [1.29, 1.82) is 0 Å². The van der Waals surface area contributed by atoms with Crippen molar-refractivity contribution < 1.29 is 0 Å². The number of aromatic nitrogens is 1. The molecule has 1 fully saturated rings. The highest BCUT2D eigenvalue weighted by molar-refractivity contribution is 5.93. The summed E-state index contributed by atoms with van der Waals surface area (Å²) in [5, 5.41) is 1.32. The average Bonchev–Trinajstić information content (AvgIpc) is 2.99. The van der Waals surface area contributed by atoms with Gasteiger partial charge in [0.15, 0.2) is 0 Å². The minimum absolute atomic E-state index is 0.444. The summed E-state index contributed by atoms with van der Waals surface area (Å²) in [6.07, 6.45) is 4.97. The molecular weight excluding hydrogens is 234 g/mol. The van der Waals surface area contributed by atoms with Crippen LogP contribution in [0.3, 0.4) is 0 Å². The van der Waals surface area contributed by atoms with Crippen molar-refractivity contribution in [2.75, 3.05) is 18.8 Å². The quantitative estimate of drug-likeness (QED) is 0.855. The van der Waals surface area contributed by atoms with Gasteiger partial charge >= 0.3 is 0 Å². The predicted molar refractivity (Wildman–Crippen MR) is 81.2 cm³/mol. The van der Waals surface area contributed by atoms with E-state index in [2.05, 4.69) is 41.6 Å². The fourth-order valence-corrected chi connectivity index (χ4v) is 3.13. The average molecular weight is 257 g/mol. The van der Waals surface area contributed by atoms with Crippen LogP contribution < -0.4 is 5.73 Å². The number of benzene rings is 1. The van der Waals surface area contributed by atoms with Crippen molar-refractivity contribution >= 4 is 16.6 Å². The maximum Gasteiger partial charge on any atom is 0.0719 e. The van der Waals surface area contributed by atoms with Crippen LogP contribution in [0.1, 0.15) is 38.3 Å². The van der Waals surface area contributed by atoms with E-state index in [1.165, 1.54) is 42.4 Å². The molecule has 102 valence electrons. The molecule has 1 aromatic carbocycles. The Morgan fingerprint density at radius 1 is 1.21 bits per heavy atom. The first kappa shape index (κ1) is 12.5. The summed E-state index contributed by atoms with van der Waals surface area (Å²) in [7, 11) is 0. The normalized spacial score (nSPS) is 16.8. The van der Waals surface area contributed by atoms with E-state index in [0.717, 1.165) is 12.2 Å². The monoisotopic (exact) mass is 257 g/mol. The third-order valence-electron chi connectivity index (χ3n) is 4.12. The largest absolute Gasteiger partial charge is 0.397 e. The van der Waals surface area contributed by atoms with E-state index in [1.54, 1.807) is 0 Å². The van der Waals surface area contributed by atoms with Crippen LogP contribution >= 0.6 is 0 Å². The fraction of sp³-hybridized carbons (Fsp3) is 0.500. The Morgan fingerprint density at radius 3 is 2.63 bits per heavy atom. The molecule has 0 bridgehead atoms. The molecule has 1 saturated heterocycles. The zero-order chi connectivity index (χ0) is 13.4. The van der Waals surface area contributed by atoms with E-state index in [1.807, 2.05) is 6.07 Å². The van der Waals surface area contributed by atoms with Crippen LogP contribution in [0.5, 0.6) is 0 Å². The molecule has 0 atom stereocenters. The van der Waals surface area contributed by atoms with E-state index in [0.29, 0.717) is 6.04 Å². The molecule has 3 rings (SSSR count). The summed E-state index contributed by atoms with van der Waals surface area (Å²) in [6.45, 7) is 7.95. The smallest absolute Gasteiger partial charge is 0.0719 e. The number of para-hydroxylation sites is 1. The summed E-state index contributed by atoms with van der Waals surface area (Å²) in [5.74, 6) is 0. The molecule has 19 heavy (non-hydrogen) atoms. The summed E-state index contributed by atoms with van der Waals surface area (Å²) in [5.41, 5.74) is 9.69. The standard InChI is InChI=1S/C16H23N3/c1-12(2)19-11-13(10-18-8-3-4-9-18)14-6-5-7-15(17)16(14)19/h5-7,11-12H,3-4,8-10,17H2,1-2H3. The van der Waals surface area contributed by atoms with Gasteiger partial charge in [0, 0.05) is 24.2 Å². The number of anilines is 1. The van der Waals surface area contributed by atoms with Crippen LogP contribution in [0, 0.1) is 0 Å². The van der Waals surface area contributed by atoms with Crippen molar-refractivity contribution in [1.82, 2.24) is 9.47 Å². The van der Waals surface area contributed by atoms with Crippen LogP contribution in [-0.4, -0.2) is 22.6 Å². The highest BCUT2D eigenvalue weighted by Gasteiger charge is 2.17. The molecule has 0 saturated carbocycles. The minimum Gasteiger partial charge on any atom is -0.397 e. The summed E-state index contributed by atoms with van der Waals surface area (Å²) < 4.78 is 2.32. The minimum atomic E-state index is 0.444.